The molecule has 0 saturated heterocycles. The van der Waals surface area contributed by atoms with E-state index in [9.17, 15) is 13.2 Å². The van der Waals surface area contributed by atoms with E-state index in [1.54, 1.807) is 11.7 Å². The van der Waals surface area contributed by atoms with E-state index in [2.05, 4.69) is 9.82 Å². The van der Waals surface area contributed by atoms with Crippen LogP contribution in [0.1, 0.15) is 28.5 Å². The highest BCUT2D eigenvalue weighted by atomic mass is 32.2. The molecule has 130 valence electrons. The second-order valence-corrected chi connectivity index (χ2v) is 6.84. The van der Waals surface area contributed by atoms with E-state index in [-0.39, 0.29) is 17.0 Å². The van der Waals surface area contributed by atoms with Gasteiger partial charge in [-0.2, -0.15) is 5.10 Å². The highest BCUT2D eigenvalue weighted by Crippen LogP contribution is 2.22. The minimum atomic E-state index is -3.86. The van der Waals surface area contributed by atoms with Crippen LogP contribution < -0.4 is 9.46 Å². The number of hydrogen-bond acceptors (Lipinski definition) is 5. The first-order valence-electron chi connectivity index (χ1n) is 7.22. The zero-order valence-electron chi connectivity index (χ0n) is 13.6. The van der Waals surface area contributed by atoms with Gasteiger partial charge in [-0.3, -0.25) is 0 Å². The Morgan fingerprint density at radius 1 is 1.42 bits per heavy atom. The third-order valence-corrected chi connectivity index (χ3v) is 4.93. The molecule has 0 atom stereocenters. The molecule has 2 rings (SSSR count). The molecule has 8 nitrogen and oxygen atoms in total. The van der Waals surface area contributed by atoms with Gasteiger partial charge in [0, 0.05) is 13.6 Å². The quantitative estimate of drug-likeness (QED) is 0.773. The normalized spacial score (nSPS) is 11.5. The molecule has 0 aliphatic carbocycles. The number of ether oxygens (including phenoxy) is 1. The van der Waals surface area contributed by atoms with Crippen LogP contribution in [-0.2, 0) is 30.0 Å². The smallest absolute Gasteiger partial charge is 0.335 e. The lowest BCUT2D eigenvalue weighted by Gasteiger charge is -2.09. The number of rotatable bonds is 7. The van der Waals surface area contributed by atoms with Gasteiger partial charge in [-0.15, -0.1) is 0 Å². The molecule has 2 aromatic rings. The maximum atomic E-state index is 12.4. The van der Waals surface area contributed by atoms with Crippen LogP contribution in [-0.4, -0.2) is 36.4 Å². The van der Waals surface area contributed by atoms with Gasteiger partial charge in [0.15, 0.2) is 0 Å². The van der Waals surface area contributed by atoms with Gasteiger partial charge in [-0.05, 0) is 24.6 Å². The van der Waals surface area contributed by atoms with Crippen LogP contribution in [0.5, 0.6) is 5.88 Å². The standard InChI is InChI=1S/C15H19N3O5S/c1-4-13-12(14(23-3)18(2)17-13)9-16-24(21,22)11-7-5-6-10(8-11)15(19)20/h5-8,16H,4,9H2,1-3H3,(H,19,20). The topological polar surface area (TPSA) is 111 Å². The number of sulfonamides is 1. The fraction of sp³-hybridized carbons (Fsp3) is 0.333. The zero-order chi connectivity index (χ0) is 17.9. The molecule has 1 aromatic heterocycles. The molecule has 0 saturated carbocycles. The molecular weight excluding hydrogens is 334 g/mol. The summed E-state index contributed by atoms with van der Waals surface area (Å²) in [7, 11) is -0.656. The molecule has 0 radical (unpaired) electrons. The maximum absolute atomic E-state index is 12.4. The molecule has 2 N–H and O–H groups in total. The number of carbonyl (C=O) groups is 1. The van der Waals surface area contributed by atoms with Crippen LogP contribution in [0.25, 0.3) is 0 Å². The predicted octanol–water partition coefficient (Wildman–Crippen LogP) is 1.17. The van der Waals surface area contributed by atoms with Crippen molar-refractivity contribution in [3.8, 4) is 5.88 Å². The van der Waals surface area contributed by atoms with E-state index in [1.807, 2.05) is 6.92 Å². The van der Waals surface area contributed by atoms with Crippen molar-refractivity contribution in [1.29, 1.82) is 0 Å². The van der Waals surface area contributed by atoms with Gasteiger partial charge < -0.3 is 9.84 Å². The molecule has 0 spiro atoms. The number of benzene rings is 1. The number of aromatic carboxylic acids is 1. The Labute approximate surface area is 140 Å². The molecule has 0 aliphatic heterocycles. The van der Waals surface area contributed by atoms with Crippen molar-refractivity contribution < 1.29 is 23.1 Å². The maximum Gasteiger partial charge on any atom is 0.335 e. The molecule has 0 aliphatic rings. The van der Waals surface area contributed by atoms with Gasteiger partial charge in [-0.25, -0.2) is 22.6 Å². The molecule has 0 bridgehead atoms. The van der Waals surface area contributed by atoms with Crippen LogP contribution in [0.3, 0.4) is 0 Å². The number of methoxy groups -OCH3 is 1. The molecule has 0 fully saturated rings. The van der Waals surface area contributed by atoms with Crippen molar-refractivity contribution in [1.82, 2.24) is 14.5 Å². The predicted molar refractivity (Wildman–Crippen MR) is 86.6 cm³/mol. The lowest BCUT2D eigenvalue weighted by Crippen LogP contribution is -2.24. The number of hydrogen-bond donors (Lipinski definition) is 2. The van der Waals surface area contributed by atoms with Gasteiger partial charge in [0.2, 0.25) is 15.9 Å². The number of carboxylic acids is 1. The second kappa shape index (κ2) is 7.02. The average Bonchev–Trinajstić information content (AvgIpc) is 2.88. The van der Waals surface area contributed by atoms with Gasteiger partial charge >= 0.3 is 5.97 Å². The van der Waals surface area contributed by atoms with Crippen LogP contribution in [0.15, 0.2) is 29.2 Å². The van der Waals surface area contributed by atoms with Crippen molar-refractivity contribution in [2.24, 2.45) is 7.05 Å². The van der Waals surface area contributed by atoms with Crippen molar-refractivity contribution in [2.75, 3.05) is 7.11 Å². The molecule has 1 aromatic carbocycles. The summed E-state index contributed by atoms with van der Waals surface area (Å²) in [4.78, 5) is 10.9. The fourth-order valence-electron chi connectivity index (χ4n) is 2.37. The molecule has 1 heterocycles. The number of nitrogens with one attached hydrogen (secondary N) is 1. The zero-order valence-corrected chi connectivity index (χ0v) is 14.4. The van der Waals surface area contributed by atoms with Crippen molar-refractivity contribution in [2.45, 2.75) is 24.8 Å². The third kappa shape index (κ3) is 3.57. The van der Waals surface area contributed by atoms with Crippen molar-refractivity contribution in [3.05, 3.63) is 41.1 Å². The fourth-order valence-corrected chi connectivity index (χ4v) is 3.41. The van der Waals surface area contributed by atoms with E-state index in [0.717, 1.165) is 11.8 Å². The summed E-state index contributed by atoms with van der Waals surface area (Å²) in [6, 6.07) is 5.18. The number of carboxylic acid groups (broad SMARTS) is 1. The second-order valence-electron chi connectivity index (χ2n) is 5.07. The van der Waals surface area contributed by atoms with E-state index >= 15 is 0 Å². The van der Waals surface area contributed by atoms with Crippen molar-refractivity contribution >= 4 is 16.0 Å². The number of aryl methyl sites for hydroxylation is 2. The Kier molecular flexibility index (Phi) is 5.25. The van der Waals surface area contributed by atoms with Crippen LogP contribution in [0.4, 0.5) is 0 Å². The highest BCUT2D eigenvalue weighted by molar-refractivity contribution is 7.89. The summed E-state index contributed by atoms with van der Waals surface area (Å²) < 4.78 is 34.1. The van der Waals surface area contributed by atoms with Crippen LogP contribution >= 0.6 is 0 Å². The highest BCUT2D eigenvalue weighted by Gasteiger charge is 2.20. The summed E-state index contributed by atoms with van der Waals surface area (Å²) >= 11 is 0. The Morgan fingerprint density at radius 3 is 2.71 bits per heavy atom. The molecular formula is C15H19N3O5S. The minimum absolute atomic E-state index is 0.000180. The Hall–Kier alpha value is -2.39. The van der Waals surface area contributed by atoms with Crippen LogP contribution in [0, 0.1) is 0 Å². The van der Waals surface area contributed by atoms with E-state index in [0.29, 0.717) is 17.9 Å². The first kappa shape index (κ1) is 18.0. The van der Waals surface area contributed by atoms with Gasteiger partial charge in [0.1, 0.15) is 0 Å². The van der Waals surface area contributed by atoms with Gasteiger partial charge in [0.05, 0.1) is 28.8 Å². The summed E-state index contributed by atoms with van der Waals surface area (Å²) in [6.07, 6.45) is 0.628. The lowest BCUT2D eigenvalue weighted by molar-refractivity contribution is 0.0696. The molecule has 24 heavy (non-hydrogen) atoms. The summed E-state index contributed by atoms with van der Waals surface area (Å²) in [5, 5.41) is 13.3. The van der Waals surface area contributed by atoms with E-state index < -0.39 is 16.0 Å². The van der Waals surface area contributed by atoms with Crippen molar-refractivity contribution in [3.63, 3.8) is 0 Å². The number of nitrogens with zero attached hydrogens (tertiary/aromatic N) is 2. The Bertz CT molecular complexity index is 858. The summed E-state index contributed by atoms with van der Waals surface area (Å²) in [5.74, 6) is -0.705. The Balaban J connectivity index is 2.28. The van der Waals surface area contributed by atoms with Gasteiger partial charge in [-0.1, -0.05) is 13.0 Å². The SMILES string of the molecule is CCc1nn(C)c(OC)c1CNS(=O)(=O)c1cccc(C(=O)O)c1. The summed E-state index contributed by atoms with van der Waals surface area (Å²) in [5.41, 5.74) is 1.29. The van der Waals surface area contributed by atoms with Crippen LogP contribution in [0.2, 0.25) is 0 Å². The van der Waals surface area contributed by atoms with E-state index in [1.165, 1.54) is 25.3 Å². The third-order valence-electron chi connectivity index (χ3n) is 3.53. The largest absolute Gasteiger partial charge is 0.481 e. The average molecular weight is 353 g/mol. The lowest BCUT2D eigenvalue weighted by atomic mass is 10.2. The minimum Gasteiger partial charge on any atom is -0.481 e. The molecule has 0 unspecified atom stereocenters. The molecule has 0 amide bonds. The summed E-state index contributed by atoms with van der Waals surface area (Å²) in [6.45, 7) is 1.91. The monoisotopic (exact) mass is 353 g/mol. The molecule has 9 heteroatoms. The first-order chi connectivity index (χ1) is 11.3. The Morgan fingerprint density at radius 2 is 2.12 bits per heavy atom. The van der Waals surface area contributed by atoms with Gasteiger partial charge in [0.25, 0.3) is 0 Å². The van der Waals surface area contributed by atoms with E-state index in [4.69, 9.17) is 9.84 Å². The first-order valence-corrected chi connectivity index (χ1v) is 8.70. The number of aromatic nitrogens is 2.